The van der Waals surface area contributed by atoms with E-state index in [0.717, 1.165) is 5.69 Å². The molecule has 2 rings (SSSR count). The van der Waals surface area contributed by atoms with Crippen molar-refractivity contribution in [2.24, 2.45) is 0 Å². The fourth-order valence-electron chi connectivity index (χ4n) is 2.12. The highest BCUT2D eigenvalue weighted by Crippen LogP contribution is 2.17. The molecular weight excluding hydrogens is 290 g/mol. The van der Waals surface area contributed by atoms with Crippen LogP contribution in [0, 0.1) is 6.92 Å². The van der Waals surface area contributed by atoms with Gasteiger partial charge in [0.2, 0.25) is 0 Å². The van der Waals surface area contributed by atoms with Crippen LogP contribution in [0.15, 0.2) is 48.5 Å². The highest BCUT2D eigenvalue weighted by atomic mass is 14.5. The molecule has 24 heavy (non-hydrogen) atoms. The Hall–Kier alpha value is -1.76. The second-order valence-corrected chi connectivity index (χ2v) is 5.83. The maximum atomic E-state index is 5.53. The molecule has 0 bridgehead atoms. The van der Waals surface area contributed by atoms with Gasteiger partial charge in [-0.1, -0.05) is 91.8 Å². The second kappa shape index (κ2) is 14.8. The molecule has 0 fully saturated rings. The predicted octanol–water partition coefficient (Wildman–Crippen LogP) is 7.56. The van der Waals surface area contributed by atoms with Crippen molar-refractivity contribution in [2.75, 3.05) is 5.73 Å². The van der Waals surface area contributed by atoms with Crippen molar-refractivity contribution < 1.29 is 0 Å². The minimum Gasteiger partial charge on any atom is -0.399 e. The van der Waals surface area contributed by atoms with Crippen LogP contribution in [-0.4, -0.2) is 0 Å². The summed E-state index contributed by atoms with van der Waals surface area (Å²) in [6, 6.07) is 16.6. The largest absolute Gasteiger partial charge is 0.399 e. The van der Waals surface area contributed by atoms with E-state index in [1.165, 1.54) is 16.7 Å². The second-order valence-electron chi connectivity index (χ2n) is 5.83. The van der Waals surface area contributed by atoms with Crippen molar-refractivity contribution in [1.82, 2.24) is 0 Å². The molecule has 0 amide bonds. The zero-order chi connectivity index (χ0) is 19.1. The normalized spacial score (nSPS) is 9.12. The van der Waals surface area contributed by atoms with Crippen LogP contribution in [0.5, 0.6) is 0 Å². The molecule has 0 saturated heterocycles. The van der Waals surface area contributed by atoms with Gasteiger partial charge in [-0.05, 0) is 47.6 Å². The molecule has 0 aliphatic rings. The molecule has 0 spiro atoms. The molecular formula is C23H39N. The molecule has 0 atom stereocenters. The minimum atomic E-state index is 0.598. The summed E-state index contributed by atoms with van der Waals surface area (Å²) >= 11 is 0. The zero-order valence-corrected chi connectivity index (χ0v) is 17.4. The van der Waals surface area contributed by atoms with E-state index < -0.39 is 0 Å². The summed E-state index contributed by atoms with van der Waals surface area (Å²) in [5.74, 6) is 1.25. The van der Waals surface area contributed by atoms with Gasteiger partial charge in [-0.2, -0.15) is 0 Å². The van der Waals surface area contributed by atoms with Gasteiger partial charge in [0.05, 0.1) is 0 Å². The van der Waals surface area contributed by atoms with E-state index in [1.807, 2.05) is 39.8 Å². The molecule has 0 heterocycles. The van der Waals surface area contributed by atoms with Crippen LogP contribution in [0.2, 0.25) is 0 Å². The fourth-order valence-corrected chi connectivity index (χ4v) is 2.12. The third-order valence-electron chi connectivity index (χ3n) is 3.41. The van der Waals surface area contributed by atoms with Gasteiger partial charge in [0.25, 0.3) is 0 Å². The summed E-state index contributed by atoms with van der Waals surface area (Å²) in [7, 11) is 0. The van der Waals surface area contributed by atoms with Crippen molar-refractivity contribution in [3.8, 4) is 0 Å². The molecule has 0 unspecified atom stereocenters. The van der Waals surface area contributed by atoms with E-state index in [1.54, 1.807) is 0 Å². The van der Waals surface area contributed by atoms with Crippen LogP contribution < -0.4 is 5.73 Å². The van der Waals surface area contributed by atoms with Gasteiger partial charge in [0.15, 0.2) is 0 Å². The fraction of sp³-hybridized carbons (Fsp3) is 0.478. The average molecular weight is 330 g/mol. The van der Waals surface area contributed by atoms with Crippen LogP contribution in [-0.2, 0) is 0 Å². The van der Waals surface area contributed by atoms with Crippen molar-refractivity contribution in [3.05, 3.63) is 65.2 Å². The number of hydrogen-bond acceptors (Lipinski definition) is 1. The summed E-state index contributed by atoms with van der Waals surface area (Å²) in [4.78, 5) is 0. The lowest BCUT2D eigenvalue weighted by atomic mass is 9.99. The molecule has 1 heteroatoms. The van der Waals surface area contributed by atoms with Gasteiger partial charge < -0.3 is 5.73 Å². The Labute approximate surface area is 151 Å². The number of nitrogens with two attached hydrogens (primary N) is 1. The van der Waals surface area contributed by atoms with Crippen molar-refractivity contribution >= 4 is 5.69 Å². The quantitative estimate of drug-likeness (QED) is 0.565. The third kappa shape index (κ3) is 10.1. The molecule has 2 aromatic carbocycles. The SMILES string of the molecule is CC.CC.CC(C)c1ccc(N)cc1.Cc1ccccc1C(C)C. The van der Waals surface area contributed by atoms with Crippen molar-refractivity contribution in [3.63, 3.8) is 0 Å². The lowest BCUT2D eigenvalue weighted by molar-refractivity contribution is 0.856. The number of rotatable bonds is 2. The summed E-state index contributed by atoms with van der Waals surface area (Å²) in [5, 5.41) is 0. The first-order valence-electron chi connectivity index (χ1n) is 9.32. The maximum absolute atomic E-state index is 5.53. The summed E-state index contributed by atoms with van der Waals surface area (Å²) in [6.45, 7) is 19.0. The first kappa shape index (κ1) is 24.5. The van der Waals surface area contributed by atoms with Crippen LogP contribution >= 0.6 is 0 Å². The van der Waals surface area contributed by atoms with Gasteiger partial charge in [-0.15, -0.1) is 0 Å². The molecule has 2 N–H and O–H groups in total. The Morgan fingerprint density at radius 2 is 1.12 bits per heavy atom. The number of nitrogen functional groups attached to an aromatic ring is 1. The van der Waals surface area contributed by atoms with Gasteiger partial charge in [-0.3, -0.25) is 0 Å². The Kier molecular flexibility index (Phi) is 15.1. The Balaban J connectivity index is 0. The molecule has 0 aliphatic heterocycles. The number of hydrogen-bond donors (Lipinski definition) is 1. The van der Waals surface area contributed by atoms with E-state index in [4.69, 9.17) is 5.73 Å². The smallest absolute Gasteiger partial charge is 0.0314 e. The molecule has 0 saturated carbocycles. The monoisotopic (exact) mass is 329 g/mol. The minimum absolute atomic E-state index is 0.598. The first-order valence-corrected chi connectivity index (χ1v) is 9.32. The van der Waals surface area contributed by atoms with E-state index in [9.17, 15) is 0 Å². The molecule has 1 nitrogen and oxygen atoms in total. The summed E-state index contributed by atoms with van der Waals surface area (Å²) < 4.78 is 0. The standard InChI is InChI=1S/C10H14.C9H13N.2C2H6/c1-8(2)10-7-5-4-6-9(10)3;1-7(2)8-3-5-9(10)6-4-8;2*1-2/h4-8H,1-3H3;3-7H,10H2,1-2H3;2*1-2H3. The molecule has 0 aliphatic carbocycles. The molecule has 0 radical (unpaired) electrons. The van der Waals surface area contributed by atoms with E-state index >= 15 is 0 Å². The van der Waals surface area contributed by atoms with Crippen molar-refractivity contribution in [2.45, 2.75) is 74.1 Å². The third-order valence-corrected chi connectivity index (χ3v) is 3.41. The molecule has 136 valence electrons. The number of aryl methyl sites for hydroxylation is 1. The lowest BCUT2D eigenvalue weighted by Gasteiger charge is -2.07. The van der Waals surface area contributed by atoms with Gasteiger partial charge in [0, 0.05) is 5.69 Å². The summed E-state index contributed by atoms with van der Waals surface area (Å²) in [6.07, 6.45) is 0. The van der Waals surface area contributed by atoms with Crippen molar-refractivity contribution in [1.29, 1.82) is 0 Å². The van der Waals surface area contributed by atoms with Gasteiger partial charge >= 0.3 is 0 Å². The molecule has 2 aromatic rings. The average Bonchev–Trinajstić information content (AvgIpc) is 2.59. The highest BCUT2D eigenvalue weighted by molar-refractivity contribution is 5.39. The lowest BCUT2D eigenvalue weighted by Crippen LogP contribution is -1.89. The Morgan fingerprint density at radius 1 is 0.667 bits per heavy atom. The van der Waals surface area contributed by atoms with Crippen LogP contribution in [0.3, 0.4) is 0 Å². The Bertz CT molecular complexity index is 510. The molecule has 0 aromatic heterocycles. The van der Waals surface area contributed by atoms with Crippen LogP contribution in [0.4, 0.5) is 5.69 Å². The van der Waals surface area contributed by atoms with Crippen LogP contribution in [0.25, 0.3) is 0 Å². The maximum Gasteiger partial charge on any atom is 0.0314 e. The summed E-state index contributed by atoms with van der Waals surface area (Å²) in [5.41, 5.74) is 10.6. The van der Waals surface area contributed by atoms with E-state index in [0.29, 0.717) is 11.8 Å². The number of benzene rings is 2. The van der Waals surface area contributed by atoms with E-state index in [2.05, 4.69) is 71.0 Å². The van der Waals surface area contributed by atoms with Gasteiger partial charge in [0.1, 0.15) is 0 Å². The first-order chi connectivity index (χ1) is 11.4. The van der Waals surface area contributed by atoms with Crippen LogP contribution in [0.1, 0.15) is 83.9 Å². The predicted molar refractivity (Wildman–Crippen MR) is 113 cm³/mol. The van der Waals surface area contributed by atoms with E-state index in [-0.39, 0.29) is 0 Å². The number of anilines is 1. The highest BCUT2D eigenvalue weighted by Gasteiger charge is 1.99. The topological polar surface area (TPSA) is 26.0 Å². The Morgan fingerprint density at radius 3 is 1.46 bits per heavy atom. The van der Waals surface area contributed by atoms with Gasteiger partial charge in [-0.25, -0.2) is 0 Å². The zero-order valence-electron chi connectivity index (χ0n) is 17.4.